The van der Waals surface area contributed by atoms with Crippen LogP contribution >= 0.6 is 0 Å². The van der Waals surface area contributed by atoms with E-state index in [0.29, 0.717) is 11.5 Å². The predicted octanol–water partition coefficient (Wildman–Crippen LogP) is 6.40. The second-order valence-corrected chi connectivity index (χ2v) is 7.45. The van der Waals surface area contributed by atoms with E-state index < -0.39 is 11.6 Å². The smallest absolute Gasteiger partial charge is 0.198 e. The summed E-state index contributed by atoms with van der Waals surface area (Å²) in [5.41, 5.74) is 0.502. The predicted molar refractivity (Wildman–Crippen MR) is 92.7 cm³/mol. The van der Waals surface area contributed by atoms with Gasteiger partial charge in [-0.25, -0.2) is 4.39 Å². The Morgan fingerprint density at radius 3 is 1.92 bits per heavy atom. The van der Waals surface area contributed by atoms with Crippen LogP contribution < -0.4 is 4.74 Å². The van der Waals surface area contributed by atoms with Gasteiger partial charge in [0, 0.05) is 37.1 Å². The molecule has 5 heteroatoms. The number of benzene rings is 1. The van der Waals surface area contributed by atoms with E-state index in [9.17, 15) is 8.78 Å². The van der Waals surface area contributed by atoms with E-state index in [-0.39, 0.29) is 48.8 Å². The molecule has 0 amide bonds. The third kappa shape index (κ3) is 5.19. The minimum atomic E-state index is -0.910. The standard InChI is InChI=1S/C21H27F2O.2V/c1-3-14-4-6-15(7-5-14)16-8-10-17(11-9-16)18-12-13-19(24-2)21(23)20(18)22;;/h3,12-17H,1-2,4-11H2;;/q-1;;. The number of hydrogen-bond donors (Lipinski definition) is 0. The fraction of sp³-hybridized carbons (Fsp3) is 0.571. The zero-order chi connectivity index (χ0) is 17.1. The molecule has 1 nitrogen and oxygen atoms in total. The normalized spacial score (nSPS) is 28.4. The van der Waals surface area contributed by atoms with E-state index in [2.05, 4.69) is 24.5 Å². The Labute approximate surface area is 180 Å². The van der Waals surface area contributed by atoms with Gasteiger partial charge in [0.15, 0.2) is 11.6 Å². The number of allylic oxidation sites excluding steroid dienone is 1. The number of hydrogen-bond acceptors (Lipinski definition) is 1. The minimum Gasteiger partial charge on any atom is -0.663 e. The first-order valence-corrected chi connectivity index (χ1v) is 9.16. The molecule has 0 aliphatic heterocycles. The summed E-state index contributed by atoms with van der Waals surface area (Å²) >= 11 is 0. The van der Waals surface area contributed by atoms with Crippen molar-refractivity contribution in [1.82, 2.24) is 0 Å². The van der Waals surface area contributed by atoms with Gasteiger partial charge in [-0.05, 0) is 86.7 Å². The van der Waals surface area contributed by atoms with Crippen LogP contribution in [-0.4, -0.2) is 0 Å². The first kappa shape index (κ1) is 23.8. The summed E-state index contributed by atoms with van der Waals surface area (Å²) < 4.78 is 32.8. The average Bonchev–Trinajstić information content (AvgIpc) is 2.64. The molecule has 0 spiro atoms. The Bertz CT molecular complexity index is 578. The summed E-state index contributed by atoms with van der Waals surface area (Å²) in [6.45, 7) is 3.91. The molecule has 0 saturated heterocycles. The summed E-state index contributed by atoms with van der Waals surface area (Å²) in [5, 5.41) is 0. The molecule has 142 valence electrons. The molecule has 2 saturated carbocycles. The molecular formula is C21H27F2OV2-. The van der Waals surface area contributed by atoms with Crippen molar-refractivity contribution in [2.75, 3.05) is 0 Å². The molecule has 1 aromatic carbocycles. The van der Waals surface area contributed by atoms with Crippen LogP contribution in [0.25, 0.3) is 0 Å². The quantitative estimate of drug-likeness (QED) is 0.393. The Kier molecular flexibility index (Phi) is 10.0. The van der Waals surface area contributed by atoms with Gasteiger partial charge in [0.1, 0.15) is 5.75 Å². The van der Waals surface area contributed by atoms with Gasteiger partial charge in [0.25, 0.3) is 0 Å². The van der Waals surface area contributed by atoms with Gasteiger partial charge in [0.2, 0.25) is 0 Å². The molecule has 3 rings (SSSR count). The van der Waals surface area contributed by atoms with E-state index in [1.807, 2.05) is 0 Å². The van der Waals surface area contributed by atoms with Gasteiger partial charge in [-0.1, -0.05) is 12.1 Å². The summed E-state index contributed by atoms with van der Waals surface area (Å²) in [5.74, 6) is 0.595. The topological polar surface area (TPSA) is 9.23 Å². The van der Waals surface area contributed by atoms with Crippen molar-refractivity contribution in [3.05, 3.63) is 49.1 Å². The fourth-order valence-electron chi connectivity index (χ4n) is 4.73. The van der Waals surface area contributed by atoms with Crippen molar-refractivity contribution in [3.63, 3.8) is 0 Å². The van der Waals surface area contributed by atoms with Crippen LogP contribution in [0.1, 0.15) is 62.8 Å². The van der Waals surface area contributed by atoms with Crippen LogP contribution in [0, 0.1) is 36.5 Å². The molecule has 2 radical (unpaired) electrons. The van der Waals surface area contributed by atoms with Crippen molar-refractivity contribution in [1.29, 1.82) is 0 Å². The number of rotatable bonds is 4. The van der Waals surface area contributed by atoms with Gasteiger partial charge in [-0.3, -0.25) is 0 Å². The minimum absolute atomic E-state index is 0. The largest absolute Gasteiger partial charge is 0.663 e. The molecule has 0 heterocycles. The molecule has 0 bridgehead atoms. The van der Waals surface area contributed by atoms with E-state index in [1.54, 1.807) is 6.07 Å². The van der Waals surface area contributed by atoms with Crippen LogP contribution in [-0.2, 0) is 37.1 Å². The second kappa shape index (κ2) is 11.0. The number of halogens is 2. The van der Waals surface area contributed by atoms with Gasteiger partial charge in [-0.2, -0.15) is 11.5 Å². The van der Waals surface area contributed by atoms with Crippen LogP contribution in [0.15, 0.2) is 24.8 Å². The molecule has 26 heavy (non-hydrogen) atoms. The Balaban J connectivity index is 0.00000169. The van der Waals surface area contributed by atoms with E-state index in [1.165, 1.54) is 31.7 Å². The molecule has 2 aliphatic rings. The molecule has 0 N–H and O–H groups in total. The molecule has 1 aromatic rings. The summed E-state index contributed by atoms with van der Waals surface area (Å²) in [7, 11) is 3.16. The SMILES string of the molecule is C=CC1CCC(C2CCC(c3ccc(O[CH2-])c(F)c3F)CC2)CC1.[V].[V]. The van der Waals surface area contributed by atoms with E-state index >= 15 is 0 Å². The zero-order valence-electron chi connectivity index (χ0n) is 15.2. The molecule has 0 atom stereocenters. The summed E-state index contributed by atoms with van der Waals surface area (Å²) in [4.78, 5) is 0. The van der Waals surface area contributed by atoms with E-state index in [4.69, 9.17) is 0 Å². The Morgan fingerprint density at radius 1 is 0.885 bits per heavy atom. The van der Waals surface area contributed by atoms with Crippen LogP contribution in [0.2, 0.25) is 0 Å². The first-order chi connectivity index (χ1) is 11.6. The van der Waals surface area contributed by atoms with Crippen molar-refractivity contribution >= 4 is 0 Å². The third-order valence-corrected chi connectivity index (χ3v) is 6.26. The molecule has 2 aliphatic carbocycles. The molecule has 0 aromatic heterocycles. The van der Waals surface area contributed by atoms with Gasteiger partial charge in [0.05, 0.1) is 0 Å². The molecule has 2 fully saturated rings. The molecular weight excluding hydrogens is 408 g/mol. The third-order valence-electron chi connectivity index (χ3n) is 6.26. The summed E-state index contributed by atoms with van der Waals surface area (Å²) in [6.07, 6.45) is 11.4. The van der Waals surface area contributed by atoms with Crippen molar-refractivity contribution in [2.45, 2.75) is 57.3 Å². The Hall–Kier alpha value is -0.211. The van der Waals surface area contributed by atoms with Crippen LogP contribution in [0.5, 0.6) is 5.75 Å². The Morgan fingerprint density at radius 2 is 1.42 bits per heavy atom. The fourth-order valence-corrected chi connectivity index (χ4v) is 4.73. The van der Waals surface area contributed by atoms with Gasteiger partial charge < -0.3 is 4.74 Å². The van der Waals surface area contributed by atoms with Crippen LogP contribution in [0.4, 0.5) is 8.78 Å². The van der Waals surface area contributed by atoms with Crippen molar-refractivity contribution in [2.24, 2.45) is 17.8 Å². The van der Waals surface area contributed by atoms with Crippen molar-refractivity contribution < 1.29 is 50.6 Å². The summed E-state index contributed by atoms with van der Waals surface area (Å²) in [6, 6.07) is 3.16. The maximum atomic E-state index is 14.3. The maximum absolute atomic E-state index is 14.3. The van der Waals surface area contributed by atoms with Crippen molar-refractivity contribution in [3.8, 4) is 5.75 Å². The average molecular weight is 435 g/mol. The van der Waals surface area contributed by atoms with Crippen LogP contribution in [0.3, 0.4) is 0 Å². The monoisotopic (exact) mass is 435 g/mol. The number of ether oxygens (including phenoxy) is 1. The van der Waals surface area contributed by atoms with Gasteiger partial charge >= 0.3 is 0 Å². The second-order valence-electron chi connectivity index (χ2n) is 7.45. The van der Waals surface area contributed by atoms with E-state index in [0.717, 1.165) is 37.5 Å². The molecule has 0 unspecified atom stereocenters. The van der Waals surface area contributed by atoms with Gasteiger partial charge in [-0.15, -0.1) is 6.58 Å². The maximum Gasteiger partial charge on any atom is 0.198 e. The zero-order valence-corrected chi connectivity index (χ0v) is 18.0. The first-order valence-electron chi connectivity index (χ1n) is 9.16.